The van der Waals surface area contributed by atoms with Gasteiger partial charge in [-0.2, -0.15) is 10.4 Å². The summed E-state index contributed by atoms with van der Waals surface area (Å²) in [6.07, 6.45) is 1.61. The normalized spacial score (nSPS) is 8.38. The number of aromatic nitrogens is 2. The maximum absolute atomic E-state index is 8.10. The predicted octanol–water partition coefficient (Wildman–Crippen LogP) is 0.983. The fourth-order valence-electron chi connectivity index (χ4n) is 0.349. The summed E-state index contributed by atoms with van der Waals surface area (Å²) in [6, 6.07) is 1.74. The monoisotopic (exact) mass is 125 g/mol. The van der Waals surface area contributed by atoms with E-state index in [-0.39, 0.29) is 0 Å². The molecule has 0 aromatic carbocycles. The third kappa shape index (κ3) is 1.01. The van der Waals surface area contributed by atoms with E-state index in [1.165, 1.54) is 0 Å². The van der Waals surface area contributed by atoms with Crippen LogP contribution in [-0.2, 0) is 0 Å². The van der Waals surface area contributed by atoms with E-state index in [9.17, 15) is 0 Å². The van der Waals surface area contributed by atoms with Crippen molar-refractivity contribution in [3.8, 4) is 5.40 Å². The zero-order valence-corrected chi connectivity index (χ0v) is 4.77. The number of nitrogens with one attached hydrogen (secondary N) is 1. The molecule has 0 fully saturated rings. The molecule has 3 nitrogen and oxygen atoms in total. The van der Waals surface area contributed by atoms with Crippen molar-refractivity contribution in [1.82, 2.24) is 10.2 Å². The van der Waals surface area contributed by atoms with Crippen LogP contribution in [0.25, 0.3) is 0 Å². The van der Waals surface area contributed by atoms with Gasteiger partial charge in [-0.25, -0.2) is 0 Å². The minimum atomic E-state index is 0.785. The maximum Gasteiger partial charge on any atom is 0.140 e. The first kappa shape index (κ1) is 5.19. The van der Waals surface area contributed by atoms with Gasteiger partial charge in [0.1, 0.15) is 10.4 Å². The minimum absolute atomic E-state index is 0.785. The standard InChI is InChI=1S/C4H3N3S/c5-3-8-4-1-2-6-7-4/h1-2H,(H,6,7). The number of thiocyanates is 1. The van der Waals surface area contributed by atoms with Gasteiger partial charge in [0.15, 0.2) is 0 Å². The van der Waals surface area contributed by atoms with Crippen LogP contribution < -0.4 is 0 Å². The lowest BCUT2D eigenvalue weighted by Crippen LogP contribution is -1.65. The first-order valence-corrected chi connectivity index (χ1v) is 2.80. The molecule has 0 atom stereocenters. The highest BCUT2D eigenvalue weighted by molar-refractivity contribution is 8.03. The summed E-state index contributed by atoms with van der Waals surface area (Å²) in [5, 5.41) is 17.1. The zero-order chi connectivity index (χ0) is 5.82. The van der Waals surface area contributed by atoms with E-state index < -0.39 is 0 Å². The number of hydrogen-bond donors (Lipinski definition) is 1. The first-order valence-electron chi connectivity index (χ1n) is 1.99. The summed E-state index contributed by atoms with van der Waals surface area (Å²) >= 11 is 1.07. The van der Waals surface area contributed by atoms with Crippen molar-refractivity contribution < 1.29 is 0 Å². The van der Waals surface area contributed by atoms with E-state index in [0.29, 0.717) is 0 Å². The van der Waals surface area contributed by atoms with Crippen LogP contribution in [0.4, 0.5) is 0 Å². The number of nitriles is 1. The fourth-order valence-corrected chi connectivity index (χ4v) is 0.675. The second kappa shape index (κ2) is 2.38. The van der Waals surface area contributed by atoms with Gasteiger partial charge in [-0.15, -0.1) is 0 Å². The van der Waals surface area contributed by atoms with Gasteiger partial charge in [-0.05, 0) is 6.07 Å². The Hall–Kier alpha value is -0.950. The lowest BCUT2D eigenvalue weighted by Gasteiger charge is -1.76. The fraction of sp³-hybridized carbons (Fsp3) is 0. The number of hydrogen-bond acceptors (Lipinski definition) is 3. The van der Waals surface area contributed by atoms with Gasteiger partial charge >= 0.3 is 0 Å². The second-order valence-corrected chi connectivity index (χ2v) is 1.94. The van der Waals surface area contributed by atoms with Crippen molar-refractivity contribution in [2.24, 2.45) is 0 Å². The Balaban J connectivity index is 2.67. The number of aromatic amines is 1. The molecule has 0 amide bonds. The third-order valence-electron chi connectivity index (χ3n) is 0.631. The molecule has 0 aliphatic carbocycles. The Morgan fingerprint density at radius 2 is 2.75 bits per heavy atom. The summed E-state index contributed by atoms with van der Waals surface area (Å²) in [5.74, 6) is 0. The summed E-state index contributed by atoms with van der Waals surface area (Å²) in [7, 11) is 0. The van der Waals surface area contributed by atoms with E-state index in [2.05, 4.69) is 10.2 Å². The highest BCUT2D eigenvalue weighted by atomic mass is 32.2. The third-order valence-corrected chi connectivity index (χ3v) is 1.17. The van der Waals surface area contributed by atoms with Crippen LogP contribution in [0.15, 0.2) is 17.3 Å². The van der Waals surface area contributed by atoms with Crippen molar-refractivity contribution in [1.29, 1.82) is 5.26 Å². The van der Waals surface area contributed by atoms with Gasteiger partial charge in [0, 0.05) is 18.0 Å². The van der Waals surface area contributed by atoms with Gasteiger partial charge in [0.05, 0.1) is 0 Å². The Morgan fingerprint density at radius 1 is 1.88 bits per heavy atom. The minimum Gasteiger partial charge on any atom is -0.271 e. The second-order valence-electron chi connectivity index (χ2n) is 1.11. The molecule has 0 spiro atoms. The number of H-pyrrole nitrogens is 1. The van der Waals surface area contributed by atoms with Gasteiger partial charge in [0.25, 0.3) is 0 Å². The summed E-state index contributed by atoms with van der Waals surface area (Å²) in [6.45, 7) is 0. The Labute approximate surface area is 50.7 Å². The highest BCUT2D eigenvalue weighted by Gasteiger charge is 1.88. The van der Waals surface area contributed by atoms with Crippen LogP contribution in [0.3, 0.4) is 0 Å². The lowest BCUT2D eigenvalue weighted by molar-refractivity contribution is 1.01. The summed E-state index contributed by atoms with van der Waals surface area (Å²) in [5.41, 5.74) is 0. The molecule has 0 saturated carbocycles. The van der Waals surface area contributed by atoms with E-state index in [1.54, 1.807) is 12.3 Å². The van der Waals surface area contributed by atoms with Crippen molar-refractivity contribution in [3.63, 3.8) is 0 Å². The summed E-state index contributed by atoms with van der Waals surface area (Å²) in [4.78, 5) is 0. The Morgan fingerprint density at radius 3 is 3.25 bits per heavy atom. The quantitative estimate of drug-likeness (QED) is 0.449. The number of nitrogens with zero attached hydrogens (tertiary/aromatic N) is 2. The van der Waals surface area contributed by atoms with Gasteiger partial charge < -0.3 is 0 Å². The molecule has 0 saturated heterocycles. The largest absolute Gasteiger partial charge is 0.271 e. The maximum atomic E-state index is 8.10. The molecular weight excluding hydrogens is 122 g/mol. The topological polar surface area (TPSA) is 52.5 Å². The van der Waals surface area contributed by atoms with Gasteiger partial charge in [0.2, 0.25) is 0 Å². The molecule has 1 aromatic rings. The average molecular weight is 125 g/mol. The van der Waals surface area contributed by atoms with Crippen molar-refractivity contribution >= 4 is 11.8 Å². The van der Waals surface area contributed by atoms with Crippen LogP contribution in [-0.4, -0.2) is 10.2 Å². The molecule has 0 radical (unpaired) electrons. The molecule has 0 aliphatic heterocycles. The Bertz CT molecular complexity index is 186. The van der Waals surface area contributed by atoms with E-state index >= 15 is 0 Å². The molecule has 1 heterocycles. The van der Waals surface area contributed by atoms with Crippen molar-refractivity contribution in [2.75, 3.05) is 0 Å². The average Bonchev–Trinajstić information content (AvgIpc) is 2.19. The zero-order valence-electron chi connectivity index (χ0n) is 3.96. The van der Waals surface area contributed by atoms with Crippen molar-refractivity contribution in [3.05, 3.63) is 12.3 Å². The summed E-state index contributed by atoms with van der Waals surface area (Å²) < 4.78 is 0. The molecule has 4 heteroatoms. The van der Waals surface area contributed by atoms with E-state index in [1.807, 2.05) is 5.40 Å². The number of rotatable bonds is 1. The van der Waals surface area contributed by atoms with Crippen LogP contribution in [0, 0.1) is 10.7 Å². The van der Waals surface area contributed by atoms with Gasteiger partial charge in [-0.3, -0.25) is 5.10 Å². The molecule has 1 N–H and O–H groups in total. The molecule has 0 bridgehead atoms. The highest BCUT2D eigenvalue weighted by Crippen LogP contribution is 2.09. The van der Waals surface area contributed by atoms with Crippen LogP contribution in [0.1, 0.15) is 0 Å². The van der Waals surface area contributed by atoms with Gasteiger partial charge in [-0.1, -0.05) is 0 Å². The van der Waals surface area contributed by atoms with Crippen LogP contribution in [0.5, 0.6) is 0 Å². The lowest BCUT2D eigenvalue weighted by atomic mass is 10.8. The molecule has 1 rings (SSSR count). The van der Waals surface area contributed by atoms with Crippen molar-refractivity contribution in [2.45, 2.75) is 5.03 Å². The molecule has 40 valence electrons. The number of thioether (sulfide) groups is 1. The molecular formula is C4H3N3S. The predicted molar refractivity (Wildman–Crippen MR) is 30.1 cm³/mol. The van der Waals surface area contributed by atoms with Crippen LogP contribution in [0.2, 0.25) is 0 Å². The molecule has 8 heavy (non-hydrogen) atoms. The SMILES string of the molecule is N#CSc1ccn[nH]1. The molecule has 1 aromatic heterocycles. The van der Waals surface area contributed by atoms with Crippen LogP contribution >= 0.6 is 11.8 Å². The molecule has 0 aliphatic rings. The Kier molecular flexibility index (Phi) is 1.55. The molecule has 0 unspecified atom stereocenters. The van der Waals surface area contributed by atoms with E-state index in [4.69, 9.17) is 5.26 Å². The van der Waals surface area contributed by atoms with E-state index in [0.717, 1.165) is 16.8 Å². The first-order chi connectivity index (χ1) is 3.93. The smallest absolute Gasteiger partial charge is 0.140 e.